The molecule has 1 aromatic carbocycles. The average molecular weight is 262 g/mol. The molecule has 1 unspecified atom stereocenters. The van der Waals surface area contributed by atoms with Crippen LogP contribution in [0, 0.1) is 13.8 Å². The van der Waals surface area contributed by atoms with E-state index in [1.807, 2.05) is 12.6 Å². The summed E-state index contributed by atoms with van der Waals surface area (Å²) in [5, 5.41) is 5.41. The number of ether oxygens (including phenoxy) is 1. The lowest BCUT2D eigenvalue weighted by Gasteiger charge is -2.19. The van der Waals surface area contributed by atoms with Crippen LogP contribution in [-0.2, 0) is 0 Å². The molecule has 0 fully saturated rings. The zero-order valence-electron chi connectivity index (χ0n) is 11.2. The molecule has 1 heterocycles. The smallest absolute Gasteiger partial charge is 0.122 e. The molecule has 4 heteroatoms. The highest BCUT2D eigenvalue weighted by atomic mass is 32.1. The molecular weight excluding hydrogens is 244 g/mol. The maximum absolute atomic E-state index is 5.35. The molecule has 18 heavy (non-hydrogen) atoms. The lowest BCUT2D eigenvalue weighted by Crippen LogP contribution is -2.19. The summed E-state index contributed by atoms with van der Waals surface area (Å²) in [6.07, 6.45) is 0. The van der Waals surface area contributed by atoms with E-state index in [0.717, 1.165) is 17.0 Å². The van der Waals surface area contributed by atoms with Crippen molar-refractivity contribution in [3.05, 3.63) is 45.4 Å². The highest BCUT2D eigenvalue weighted by Crippen LogP contribution is 2.29. The third kappa shape index (κ3) is 2.40. The molecule has 2 aromatic rings. The van der Waals surface area contributed by atoms with Crippen LogP contribution in [0.25, 0.3) is 0 Å². The van der Waals surface area contributed by atoms with E-state index < -0.39 is 0 Å². The van der Waals surface area contributed by atoms with Gasteiger partial charge in [-0.05, 0) is 43.7 Å². The van der Waals surface area contributed by atoms with E-state index in [2.05, 4.69) is 41.7 Å². The monoisotopic (exact) mass is 262 g/mol. The van der Waals surface area contributed by atoms with Crippen molar-refractivity contribution in [2.75, 3.05) is 14.2 Å². The fraction of sp³-hybridized carbons (Fsp3) is 0.357. The molecule has 1 N–H and O–H groups in total. The van der Waals surface area contributed by atoms with Gasteiger partial charge < -0.3 is 10.1 Å². The van der Waals surface area contributed by atoms with Gasteiger partial charge in [0.2, 0.25) is 0 Å². The molecular formula is C14H18N2OS. The highest BCUT2D eigenvalue weighted by Gasteiger charge is 2.17. The number of nitrogens with one attached hydrogen (secondary N) is 1. The van der Waals surface area contributed by atoms with Crippen LogP contribution in [-0.4, -0.2) is 19.1 Å². The van der Waals surface area contributed by atoms with Crippen LogP contribution in [0.4, 0.5) is 0 Å². The Morgan fingerprint density at radius 3 is 2.61 bits per heavy atom. The number of thiazole rings is 1. The summed E-state index contributed by atoms with van der Waals surface area (Å²) in [5.74, 6) is 0.935. The Kier molecular flexibility index (Phi) is 3.99. The Balaban J connectivity index is 2.46. The lowest BCUT2D eigenvalue weighted by molar-refractivity contribution is 0.411. The fourth-order valence-electron chi connectivity index (χ4n) is 2.17. The normalized spacial score (nSPS) is 12.4. The average Bonchev–Trinajstić information content (AvgIpc) is 2.87. The second kappa shape index (κ2) is 5.50. The van der Waals surface area contributed by atoms with E-state index in [9.17, 15) is 0 Å². The maximum Gasteiger partial charge on any atom is 0.122 e. The van der Waals surface area contributed by atoms with Gasteiger partial charge in [0, 0.05) is 5.38 Å². The molecule has 2 rings (SSSR count). The Morgan fingerprint density at radius 2 is 2.06 bits per heavy atom. The van der Waals surface area contributed by atoms with Gasteiger partial charge in [0.15, 0.2) is 0 Å². The molecule has 0 aliphatic heterocycles. The van der Waals surface area contributed by atoms with Crippen LogP contribution < -0.4 is 10.1 Å². The number of hydrogen-bond acceptors (Lipinski definition) is 4. The molecule has 0 spiro atoms. The number of methoxy groups -OCH3 is 1. The molecule has 96 valence electrons. The molecule has 3 nitrogen and oxygen atoms in total. The summed E-state index contributed by atoms with van der Waals surface area (Å²) in [6, 6.07) is 4.40. The number of hydrogen-bond donors (Lipinski definition) is 1. The molecule has 0 bridgehead atoms. The van der Waals surface area contributed by atoms with Crippen molar-refractivity contribution in [1.29, 1.82) is 0 Å². The van der Waals surface area contributed by atoms with Crippen molar-refractivity contribution in [2.45, 2.75) is 19.9 Å². The van der Waals surface area contributed by atoms with Crippen molar-refractivity contribution in [1.82, 2.24) is 10.3 Å². The van der Waals surface area contributed by atoms with Gasteiger partial charge in [0.05, 0.1) is 24.4 Å². The first-order chi connectivity index (χ1) is 8.67. The molecule has 0 aliphatic carbocycles. The van der Waals surface area contributed by atoms with Gasteiger partial charge in [0.25, 0.3) is 0 Å². The van der Waals surface area contributed by atoms with E-state index >= 15 is 0 Å². The fourth-order valence-corrected chi connectivity index (χ4v) is 2.75. The first-order valence-corrected chi connectivity index (χ1v) is 6.82. The molecule has 1 aromatic heterocycles. The van der Waals surface area contributed by atoms with Crippen LogP contribution in [0.3, 0.4) is 0 Å². The minimum absolute atomic E-state index is 0.140. The van der Waals surface area contributed by atoms with Crippen molar-refractivity contribution in [3.63, 3.8) is 0 Å². The number of nitrogens with zero attached hydrogens (tertiary/aromatic N) is 1. The number of benzene rings is 1. The summed E-state index contributed by atoms with van der Waals surface area (Å²) in [6.45, 7) is 4.17. The first kappa shape index (κ1) is 13.1. The Labute approximate surface area is 112 Å². The zero-order valence-corrected chi connectivity index (χ0v) is 12.0. The first-order valence-electron chi connectivity index (χ1n) is 5.87. The van der Waals surface area contributed by atoms with E-state index in [1.165, 1.54) is 11.1 Å². The SMILES string of the molecule is CNC(c1cscn1)c1cc(C)c(OC)cc1C. The predicted molar refractivity (Wildman–Crippen MR) is 75.5 cm³/mol. The standard InChI is InChI=1S/C14H18N2OS/c1-9-6-13(17-4)10(2)5-11(9)14(15-3)12-7-18-8-16-12/h5-8,14-15H,1-4H3. The molecule has 0 saturated carbocycles. The van der Waals surface area contributed by atoms with Crippen LogP contribution in [0.1, 0.15) is 28.4 Å². The van der Waals surface area contributed by atoms with E-state index in [-0.39, 0.29) is 6.04 Å². The number of aromatic nitrogens is 1. The predicted octanol–water partition coefficient (Wildman–Crippen LogP) is 3.08. The summed E-state index contributed by atoms with van der Waals surface area (Å²) < 4.78 is 5.35. The zero-order chi connectivity index (χ0) is 13.1. The Bertz CT molecular complexity index is 523. The van der Waals surface area contributed by atoms with Crippen molar-refractivity contribution >= 4 is 11.3 Å². The number of aryl methyl sites for hydroxylation is 2. The van der Waals surface area contributed by atoms with Gasteiger partial charge in [-0.2, -0.15) is 0 Å². The van der Waals surface area contributed by atoms with E-state index in [0.29, 0.717) is 0 Å². The summed E-state index contributed by atoms with van der Waals surface area (Å²) >= 11 is 1.62. The van der Waals surface area contributed by atoms with Gasteiger partial charge in [-0.3, -0.25) is 0 Å². The van der Waals surface area contributed by atoms with E-state index in [1.54, 1.807) is 18.4 Å². The van der Waals surface area contributed by atoms with Crippen LogP contribution in [0.5, 0.6) is 5.75 Å². The van der Waals surface area contributed by atoms with Gasteiger partial charge in [-0.1, -0.05) is 6.07 Å². The van der Waals surface area contributed by atoms with E-state index in [4.69, 9.17) is 4.74 Å². The van der Waals surface area contributed by atoms with Gasteiger partial charge >= 0.3 is 0 Å². The second-order valence-electron chi connectivity index (χ2n) is 4.31. The van der Waals surface area contributed by atoms with Gasteiger partial charge in [-0.15, -0.1) is 11.3 Å². The topological polar surface area (TPSA) is 34.2 Å². The summed E-state index contributed by atoms with van der Waals surface area (Å²) in [4.78, 5) is 4.40. The van der Waals surface area contributed by atoms with Gasteiger partial charge in [-0.25, -0.2) is 4.98 Å². The summed E-state index contributed by atoms with van der Waals surface area (Å²) in [7, 11) is 3.67. The second-order valence-corrected chi connectivity index (χ2v) is 5.03. The van der Waals surface area contributed by atoms with Crippen LogP contribution in [0.15, 0.2) is 23.0 Å². The minimum Gasteiger partial charge on any atom is -0.496 e. The summed E-state index contributed by atoms with van der Waals surface area (Å²) in [5.41, 5.74) is 6.54. The van der Waals surface area contributed by atoms with Gasteiger partial charge in [0.1, 0.15) is 5.75 Å². The maximum atomic E-state index is 5.35. The Hall–Kier alpha value is -1.39. The lowest BCUT2D eigenvalue weighted by atomic mass is 9.96. The molecule has 1 atom stereocenters. The van der Waals surface area contributed by atoms with Crippen molar-refractivity contribution in [2.24, 2.45) is 0 Å². The third-order valence-electron chi connectivity index (χ3n) is 3.13. The van der Waals surface area contributed by atoms with Crippen LogP contribution >= 0.6 is 11.3 Å². The third-order valence-corrected chi connectivity index (χ3v) is 3.74. The largest absolute Gasteiger partial charge is 0.496 e. The van der Waals surface area contributed by atoms with Crippen molar-refractivity contribution in [3.8, 4) is 5.75 Å². The Morgan fingerprint density at radius 1 is 1.28 bits per heavy atom. The van der Waals surface area contributed by atoms with Crippen LogP contribution in [0.2, 0.25) is 0 Å². The molecule has 0 aliphatic rings. The molecule has 0 radical (unpaired) electrons. The van der Waals surface area contributed by atoms with Crippen molar-refractivity contribution < 1.29 is 4.74 Å². The number of rotatable bonds is 4. The minimum atomic E-state index is 0.140. The molecule has 0 saturated heterocycles. The molecule has 0 amide bonds. The highest BCUT2D eigenvalue weighted by molar-refractivity contribution is 7.07. The quantitative estimate of drug-likeness (QED) is 0.919.